The van der Waals surface area contributed by atoms with E-state index in [4.69, 9.17) is 16.7 Å². The minimum absolute atomic E-state index is 0.0770. The Bertz CT molecular complexity index is 610. The van der Waals surface area contributed by atoms with E-state index < -0.39 is 22.5 Å². The van der Waals surface area contributed by atoms with Gasteiger partial charge in [0.05, 0.1) is 4.90 Å². The molecule has 0 saturated heterocycles. The number of sulfonamides is 1. The summed E-state index contributed by atoms with van der Waals surface area (Å²) in [5.41, 5.74) is 0.556. The number of carbonyl (C=O) groups is 1. The molecule has 0 heterocycles. The van der Waals surface area contributed by atoms with Crippen molar-refractivity contribution < 1.29 is 18.3 Å². The summed E-state index contributed by atoms with van der Waals surface area (Å²) in [6.45, 7) is 1.15. The summed E-state index contributed by atoms with van der Waals surface area (Å²) in [5, 5.41) is 9.18. The van der Waals surface area contributed by atoms with Gasteiger partial charge in [0.15, 0.2) is 0 Å². The molecule has 0 aromatic heterocycles. The third-order valence-corrected chi connectivity index (χ3v) is 5.26. The van der Waals surface area contributed by atoms with Crippen LogP contribution in [-0.2, 0) is 14.8 Å². The van der Waals surface area contributed by atoms with Gasteiger partial charge in [-0.25, -0.2) is 8.42 Å². The maximum atomic E-state index is 12.5. The third-order valence-electron chi connectivity index (χ3n) is 2.98. The van der Waals surface area contributed by atoms with Crippen LogP contribution in [0.25, 0.3) is 0 Å². The smallest absolute Gasteiger partial charge is 0.318 e. The van der Waals surface area contributed by atoms with Crippen LogP contribution in [0.5, 0.6) is 0 Å². The lowest BCUT2D eigenvalue weighted by atomic mass is 10.2. The van der Waals surface area contributed by atoms with Crippen molar-refractivity contribution >= 4 is 27.6 Å². The van der Waals surface area contributed by atoms with Crippen LogP contribution in [0.2, 0.25) is 5.02 Å². The van der Waals surface area contributed by atoms with E-state index in [0.717, 1.165) is 4.31 Å². The monoisotopic (exact) mass is 303 g/mol. The van der Waals surface area contributed by atoms with Crippen molar-refractivity contribution in [1.29, 1.82) is 0 Å². The number of aryl methyl sites for hydroxylation is 1. The standard InChI is InChI=1S/C12H14ClNO4S/c1-8-2-3-9(13)6-11(8)19(17,18)14(7-12(15)16)10-4-5-10/h2-3,6,10H,4-5,7H2,1H3,(H,15,16). The van der Waals surface area contributed by atoms with Crippen LogP contribution in [0, 0.1) is 6.92 Å². The highest BCUT2D eigenvalue weighted by Crippen LogP contribution is 2.33. The van der Waals surface area contributed by atoms with E-state index in [9.17, 15) is 13.2 Å². The molecule has 1 saturated carbocycles. The van der Waals surface area contributed by atoms with Crippen molar-refractivity contribution in [2.45, 2.75) is 30.7 Å². The predicted octanol–water partition coefficient (Wildman–Crippen LogP) is 1.89. The van der Waals surface area contributed by atoms with Gasteiger partial charge >= 0.3 is 5.97 Å². The molecule has 0 unspecified atom stereocenters. The first-order valence-electron chi connectivity index (χ1n) is 5.82. The van der Waals surface area contributed by atoms with Crippen LogP contribution in [0.15, 0.2) is 23.1 Å². The van der Waals surface area contributed by atoms with Crippen molar-refractivity contribution in [3.63, 3.8) is 0 Å². The van der Waals surface area contributed by atoms with E-state index in [1.165, 1.54) is 6.07 Å². The minimum Gasteiger partial charge on any atom is -0.480 e. The molecule has 0 spiro atoms. The summed E-state index contributed by atoms with van der Waals surface area (Å²) < 4.78 is 26.1. The first-order chi connectivity index (χ1) is 8.82. The Hall–Kier alpha value is -1.11. The Morgan fingerprint density at radius 2 is 2.11 bits per heavy atom. The van der Waals surface area contributed by atoms with E-state index in [0.29, 0.717) is 23.4 Å². The summed E-state index contributed by atoms with van der Waals surface area (Å²) in [5.74, 6) is -1.16. The van der Waals surface area contributed by atoms with Crippen LogP contribution in [0.4, 0.5) is 0 Å². The number of carboxylic acid groups (broad SMARTS) is 1. The largest absolute Gasteiger partial charge is 0.480 e. The van der Waals surface area contributed by atoms with Gasteiger partial charge in [-0.3, -0.25) is 4.79 Å². The molecular weight excluding hydrogens is 290 g/mol. The number of aliphatic carboxylic acids is 1. The first kappa shape index (κ1) is 14.3. The van der Waals surface area contributed by atoms with Gasteiger partial charge in [-0.15, -0.1) is 0 Å². The van der Waals surface area contributed by atoms with Gasteiger partial charge in [-0.1, -0.05) is 17.7 Å². The molecule has 1 aliphatic carbocycles. The van der Waals surface area contributed by atoms with Gasteiger partial charge in [-0.05, 0) is 37.5 Å². The molecule has 1 aromatic carbocycles. The molecule has 2 rings (SSSR count). The Kier molecular flexibility index (Phi) is 3.85. The molecule has 0 bridgehead atoms. The molecule has 0 amide bonds. The Labute approximate surface area is 116 Å². The molecule has 1 aliphatic rings. The number of benzene rings is 1. The maximum Gasteiger partial charge on any atom is 0.318 e. The average Bonchev–Trinajstić information content (AvgIpc) is 3.12. The van der Waals surface area contributed by atoms with Crippen molar-refractivity contribution in [2.24, 2.45) is 0 Å². The molecule has 19 heavy (non-hydrogen) atoms. The van der Waals surface area contributed by atoms with E-state index in [-0.39, 0.29) is 10.9 Å². The second kappa shape index (κ2) is 5.11. The molecule has 1 N–H and O–H groups in total. The quantitative estimate of drug-likeness (QED) is 0.901. The number of hydrogen-bond donors (Lipinski definition) is 1. The van der Waals surface area contributed by atoms with Gasteiger partial charge in [0.2, 0.25) is 10.0 Å². The topological polar surface area (TPSA) is 74.7 Å². The van der Waals surface area contributed by atoms with Gasteiger partial charge in [0.25, 0.3) is 0 Å². The van der Waals surface area contributed by atoms with E-state index >= 15 is 0 Å². The highest BCUT2D eigenvalue weighted by molar-refractivity contribution is 7.89. The fourth-order valence-electron chi connectivity index (χ4n) is 1.88. The van der Waals surface area contributed by atoms with Crippen molar-refractivity contribution in [3.8, 4) is 0 Å². The van der Waals surface area contributed by atoms with E-state index in [1.54, 1.807) is 19.1 Å². The summed E-state index contributed by atoms with van der Waals surface area (Å²) in [4.78, 5) is 10.9. The lowest BCUT2D eigenvalue weighted by Gasteiger charge is -2.21. The number of nitrogens with zero attached hydrogens (tertiary/aromatic N) is 1. The van der Waals surface area contributed by atoms with Crippen LogP contribution in [0.3, 0.4) is 0 Å². The van der Waals surface area contributed by atoms with Gasteiger partial charge < -0.3 is 5.11 Å². The molecule has 5 nitrogen and oxygen atoms in total. The van der Waals surface area contributed by atoms with E-state index in [1.807, 2.05) is 0 Å². The zero-order chi connectivity index (χ0) is 14.2. The van der Waals surface area contributed by atoms with E-state index in [2.05, 4.69) is 0 Å². The fourth-order valence-corrected chi connectivity index (χ4v) is 4.01. The fraction of sp³-hybridized carbons (Fsp3) is 0.417. The zero-order valence-corrected chi connectivity index (χ0v) is 11.9. The second-order valence-electron chi connectivity index (χ2n) is 4.58. The number of hydrogen-bond acceptors (Lipinski definition) is 3. The molecule has 1 aromatic rings. The van der Waals surface area contributed by atoms with Crippen molar-refractivity contribution in [3.05, 3.63) is 28.8 Å². The summed E-state index contributed by atoms with van der Waals surface area (Å²) >= 11 is 5.83. The average molecular weight is 304 g/mol. The van der Waals surface area contributed by atoms with Crippen molar-refractivity contribution in [1.82, 2.24) is 4.31 Å². The Morgan fingerprint density at radius 3 is 2.63 bits per heavy atom. The Morgan fingerprint density at radius 1 is 1.47 bits per heavy atom. The van der Waals surface area contributed by atoms with Crippen LogP contribution < -0.4 is 0 Å². The summed E-state index contributed by atoms with van der Waals surface area (Å²) in [6.07, 6.45) is 1.40. The lowest BCUT2D eigenvalue weighted by molar-refractivity contribution is -0.137. The number of carboxylic acids is 1. The van der Waals surface area contributed by atoms with Crippen molar-refractivity contribution in [2.75, 3.05) is 6.54 Å². The van der Waals surface area contributed by atoms with Crippen LogP contribution in [0.1, 0.15) is 18.4 Å². The number of rotatable bonds is 5. The van der Waals surface area contributed by atoms with Crippen LogP contribution in [-0.4, -0.2) is 36.4 Å². The molecule has 104 valence electrons. The number of halogens is 1. The molecule has 7 heteroatoms. The lowest BCUT2D eigenvalue weighted by Crippen LogP contribution is -2.37. The minimum atomic E-state index is -3.82. The van der Waals surface area contributed by atoms with Crippen LogP contribution >= 0.6 is 11.6 Å². The molecular formula is C12H14ClNO4S. The summed E-state index contributed by atoms with van der Waals surface area (Å²) in [6, 6.07) is 4.37. The SMILES string of the molecule is Cc1ccc(Cl)cc1S(=O)(=O)N(CC(=O)O)C1CC1. The predicted molar refractivity (Wildman–Crippen MR) is 70.7 cm³/mol. The maximum absolute atomic E-state index is 12.5. The van der Waals surface area contributed by atoms with Gasteiger partial charge in [0.1, 0.15) is 6.54 Å². The molecule has 0 atom stereocenters. The highest BCUT2D eigenvalue weighted by Gasteiger charge is 2.39. The van der Waals surface area contributed by atoms with Gasteiger partial charge in [-0.2, -0.15) is 4.31 Å². The zero-order valence-electron chi connectivity index (χ0n) is 10.3. The first-order valence-corrected chi connectivity index (χ1v) is 7.64. The third kappa shape index (κ3) is 3.08. The van der Waals surface area contributed by atoms with Gasteiger partial charge in [0, 0.05) is 11.1 Å². The Balaban J connectivity index is 2.44. The normalized spacial score (nSPS) is 15.7. The second-order valence-corrected chi connectivity index (χ2v) is 6.88. The molecule has 0 aliphatic heterocycles. The highest BCUT2D eigenvalue weighted by atomic mass is 35.5. The molecule has 1 fully saturated rings. The molecule has 0 radical (unpaired) electrons. The summed E-state index contributed by atoms with van der Waals surface area (Å²) in [7, 11) is -3.82.